The Morgan fingerprint density at radius 2 is 1.69 bits per heavy atom. The maximum Gasteiger partial charge on any atom is 0.335 e. The fraction of sp³-hybridized carbons (Fsp3) is 0.379. The highest BCUT2D eigenvalue weighted by Gasteiger charge is 2.52. The summed E-state index contributed by atoms with van der Waals surface area (Å²) in [6, 6.07) is 15.3. The fourth-order valence-electron chi connectivity index (χ4n) is 6.12. The molecular formula is C29H35N3O3P+. The van der Waals surface area contributed by atoms with Gasteiger partial charge in [0.1, 0.15) is 6.29 Å². The van der Waals surface area contributed by atoms with Crippen LogP contribution in [0.25, 0.3) is 5.57 Å². The Morgan fingerprint density at radius 1 is 1.00 bits per heavy atom. The SMILES string of the molecule is CC1(C)C(c2ccc(C(=O)O)cc2)=CC[P+]2(C)CN(C(=O)c3ccccc3N3CCNCC3)CC=C12. The number of nitrogens with zero attached hydrogens (tertiary/aromatic N) is 2. The van der Waals surface area contributed by atoms with Gasteiger partial charge in [-0.3, -0.25) is 4.79 Å². The van der Waals surface area contributed by atoms with Gasteiger partial charge in [-0.15, -0.1) is 0 Å². The molecule has 188 valence electrons. The van der Waals surface area contributed by atoms with Crippen LogP contribution in [0.4, 0.5) is 5.69 Å². The van der Waals surface area contributed by atoms with Crippen LogP contribution in [0.1, 0.15) is 40.1 Å². The predicted molar refractivity (Wildman–Crippen MR) is 148 cm³/mol. The molecule has 1 saturated heterocycles. The van der Waals surface area contributed by atoms with Crippen LogP contribution in [0.15, 0.2) is 66.0 Å². The molecule has 5 rings (SSSR count). The number of carbonyl (C=O) groups is 2. The first-order chi connectivity index (χ1) is 17.2. The van der Waals surface area contributed by atoms with Gasteiger partial charge in [0.05, 0.1) is 36.5 Å². The van der Waals surface area contributed by atoms with Gasteiger partial charge in [0, 0.05) is 43.8 Å². The van der Waals surface area contributed by atoms with Crippen LogP contribution >= 0.6 is 7.26 Å². The van der Waals surface area contributed by atoms with Crippen LogP contribution in [0, 0.1) is 5.41 Å². The number of allylic oxidation sites excluding steroid dienone is 3. The molecule has 0 bridgehead atoms. The molecule has 2 aromatic carbocycles. The standard InChI is InChI=1S/C29H34N3O3P/c1-29(2)24(21-8-10-22(11-9-21)28(34)35)13-19-36(3)20-32(16-12-26(29)36)27(33)23-6-4-5-7-25(23)31-17-14-30-15-18-31/h4-13,30H,14-20H2,1-3H3/p+1. The number of carboxylic acids is 1. The van der Waals surface area contributed by atoms with E-state index in [1.165, 1.54) is 10.9 Å². The van der Waals surface area contributed by atoms with Gasteiger partial charge in [0.2, 0.25) is 0 Å². The summed E-state index contributed by atoms with van der Waals surface area (Å²) in [5.41, 5.74) is 4.29. The zero-order valence-corrected chi connectivity index (χ0v) is 22.2. The lowest BCUT2D eigenvalue weighted by Gasteiger charge is -2.45. The molecule has 3 aliphatic rings. The molecule has 1 unspecified atom stereocenters. The molecule has 1 fully saturated rings. The van der Waals surface area contributed by atoms with Crippen LogP contribution in [0.5, 0.6) is 0 Å². The molecule has 36 heavy (non-hydrogen) atoms. The Bertz CT molecular complexity index is 1240. The first-order valence-corrected chi connectivity index (χ1v) is 15.3. The monoisotopic (exact) mass is 504 g/mol. The molecule has 1 atom stereocenters. The molecule has 2 aromatic rings. The molecule has 7 heteroatoms. The summed E-state index contributed by atoms with van der Waals surface area (Å²) < 4.78 is 0. The van der Waals surface area contributed by atoms with E-state index in [0.717, 1.165) is 55.4 Å². The number of nitrogens with one attached hydrogen (secondary N) is 1. The lowest BCUT2D eigenvalue weighted by atomic mass is 9.78. The third-order valence-corrected chi connectivity index (χ3v) is 11.8. The largest absolute Gasteiger partial charge is 0.478 e. The first kappa shape index (κ1) is 24.7. The number of benzene rings is 2. The lowest BCUT2D eigenvalue weighted by Crippen LogP contribution is -2.45. The molecule has 1 amide bonds. The van der Waals surface area contributed by atoms with Crippen molar-refractivity contribution in [1.29, 1.82) is 0 Å². The minimum atomic E-state index is -1.58. The van der Waals surface area contributed by atoms with E-state index < -0.39 is 13.2 Å². The second kappa shape index (κ2) is 9.49. The Hall–Kier alpha value is -2.95. The Kier molecular flexibility index (Phi) is 6.52. The van der Waals surface area contributed by atoms with E-state index >= 15 is 0 Å². The molecule has 3 aliphatic heterocycles. The second-order valence-electron chi connectivity index (χ2n) is 10.7. The van der Waals surface area contributed by atoms with Crippen LogP contribution < -0.4 is 10.2 Å². The van der Waals surface area contributed by atoms with Crippen LogP contribution in [0.2, 0.25) is 0 Å². The smallest absolute Gasteiger partial charge is 0.335 e. The highest BCUT2D eigenvalue weighted by molar-refractivity contribution is 7.79. The average molecular weight is 505 g/mol. The van der Waals surface area contributed by atoms with Gasteiger partial charge in [0.25, 0.3) is 5.91 Å². The summed E-state index contributed by atoms with van der Waals surface area (Å²) in [4.78, 5) is 29.5. The topological polar surface area (TPSA) is 72.9 Å². The summed E-state index contributed by atoms with van der Waals surface area (Å²) >= 11 is 0. The molecule has 0 aromatic heterocycles. The van der Waals surface area contributed by atoms with Crippen molar-refractivity contribution < 1.29 is 14.7 Å². The highest BCUT2D eigenvalue weighted by Crippen LogP contribution is 2.73. The number of anilines is 1. The van der Waals surface area contributed by atoms with E-state index in [9.17, 15) is 14.7 Å². The molecule has 0 saturated carbocycles. The summed E-state index contributed by atoms with van der Waals surface area (Å²) in [6.07, 6.45) is 6.38. The molecule has 6 nitrogen and oxygen atoms in total. The minimum absolute atomic E-state index is 0.123. The van der Waals surface area contributed by atoms with Gasteiger partial charge in [-0.1, -0.05) is 24.3 Å². The number of hydrogen-bond acceptors (Lipinski definition) is 4. The van der Waals surface area contributed by atoms with E-state index in [1.807, 2.05) is 30.3 Å². The summed E-state index contributed by atoms with van der Waals surface area (Å²) in [5, 5.41) is 14.1. The third-order valence-electron chi connectivity index (χ3n) is 7.90. The molecule has 0 aliphatic carbocycles. The minimum Gasteiger partial charge on any atom is -0.478 e. The number of aromatic carboxylic acids is 1. The van der Waals surface area contributed by atoms with E-state index in [2.05, 4.69) is 53.8 Å². The summed E-state index contributed by atoms with van der Waals surface area (Å²) in [5.74, 6) is -0.785. The van der Waals surface area contributed by atoms with E-state index in [1.54, 1.807) is 12.1 Å². The van der Waals surface area contributed by atoms with Crippen molar-refractivity contribution in [1.82, 2.24) is 10.2 Å². The highest BCUT2D eigenvalue weighted by atomic mass is 31.2. The van der Waals surface area contributed by atoms with Crippen molar-refractivity contribution in [2.24, 2.45) is 5.41 Å². The van der Waals surface area contributed by atoms with Crippen LogP contribution in [0.3, 0.4) is 0 Å². The maximum atomic E-state index is 13.8. The molecular weight excluding hydrogens is 469 g/mol. The number of carbonyl (C=O) groups excluding carboxylic acids is 1. The molecule has 2 N–H and O–H groups in total. The summed E-state index contributed by atoms with van der Waals surface area (Å²) in [6.45, 7) is 11.2. The van der Waals surface area contributed by atoms with E-state index in [4.69, 9.17) is 0 Å². The van der Waals surface area contributed by atoms with E-state index in [0.29, 0.717) is 12.1 Å². The van der Waals surface area contributed by atoms with Crippen molar-refractivity contribution in [2.75, 3.05) is 56.7 Å². The number of piperazine rings is 1. The van der Waals surface area contributed by atoms with Crippen molar-refractivity contribution in [2.45, 2.75) is 13.8 Å². The summed E-state index contributed by atoms with van der Waals surface area (Å²) in [7, 11) is -1.58. The van der Waals surface area contributed by atoms with Gasteiger partial charge in [-0.25, -0.2) is 4.79 Å². The number of amides is 1. The normalized spacial score (nSPS) is 23.4. The lowest BCUT2D eigenvalue weighted by molar-refractivity contribution is 0.0696. The Labute approximate surface area is 214 Å². The van der Waals surface area contributed by atoms with Crippen molar-refractivity contribution in [3.05, 3.63) is 82.7 Å². The Morgan fingerprint density at radius 3 is 2.39 bits per heavy atom. The predicted octanol–water partition coefficient (Wildman–Crippen LogP) is 4.86. The van der Waals surface area contributed by atoms with Crippen molar-refractivity contribution in [3.63, 3.8) is 0 Å². The van der Waals surface area contributed by atoms with Crippen LogP contribution in [-0.4, -0.2) is 73.7 Å². The van der Waals surface area contributed by atoms with Gasteiger partial charge in [0.15, 0.2) is 0 Å². The number of rotatable bonds is 4. The van der Waals surface area contributed by atoms with Crippen molar-refractivity contribution >= 4 is 30.4 Å². The second-order valence-corrected chi connectivity index (χ2v) is 14.6. The molecule has 3 heterocycles. The fourth-order valence-corrected chi connectivity index (χ4v) is 10.2. The van der Waals surface area contributed by atoms with Gasteiger partial charge in [-0.05, 0) is 61.4 Å². The van der Waals surface area contributed by atoms with Crippen LogP contribution in [-0.2, 0) is 0 Å². The first-order valence-electron chi connectivity index (χ1n) is 12.6. The van der Waals surface area contributed by atoms with E-state index in [-0.39, 0.29) is 11.3 Å². The van der Waals surface area contributed by atoms with Crippen molar-refractivity contribution in [3.8, 4) is 0 Å². The number of fused-ring (bicyclic) bond motifs is 1. The van der Waals surface area contributed by atoms with Gasteiger partial charge in [-0.2, -0.15) is 0 Å². The third kappa shape index (κ3) is 4.38. The average Bonchev–Trinajstić information content (AvgIpc) is 2.88. The molecule has 0 spiro atoms. The zero-order valence-electron chi connectivity index (χ0n) is 21.3. The Balaban J connectivity index is 1.41. The van der Waals surface area contributed by atoms with Gasteiger partial charge < -0.3 is 20.2 Å². The van der Waals surface area contributed by atoms with Gasteiger partial charge >= 0.3 is 5.97 Å². The molecule has 0 radical (unpaired) electrons. The zero-order chi connectivity index (χ0) is 25.5. The number of carboxylic acid groups (broad SMARTS) is 1. The number of hydrogen-bond donors (Lipinski definition) is 2. The maximum absolute atomic E-state index is 13.8. The quantitative estimate of drug-likeness (QED) is 0.582. The number of para-hydroxylation sites is 1.